The molecule has 7 nitrogen and oxygen atoms in total. The molecule has 0 saturated carbocycles. The smallest absolute Gasteiger partial charge is 0.276 e. The Morgan fingerprint density at radius 1 is 1.19 bits per heavy atom. The van der Waals surface area contributed by atoms with Crippen LogP contribution < -0.4 is 10.3 Å². The van der Waals surface area contributed by atoms with Gasteiger partial charge in [0.15, 0.2) is 5.82 Å². The highest BCUT2D eigenvalue weighted by atomic mass is 32.2. The third kappa shape index (κ3) is 3.45. The van der Waals surface area contributed by atoms with E-state index < -0.39 is 10.0 Å². The van der Waals surface area contributed by atoms with Crippen molar-refractivity contribution in [1.29, 1.82) is 0 Å². The van der Waals surface area contributed by atoms with Gasteiger partial charge < -0.3 is 0 Å². The Balaban J connectivity index is 1.58. The second-order valence-electron chi connectivity index (χ2n) is 6.77. The van der Waals surface area contributed by atoms with Crippen LogP contribution in [0.5, 0.6) is 0 Å². The number of benzene rings is 1. The number of aryl methyl sites for hydroxylation is 2. The highest BCUT2D eigenvalue weighted by Crippen LogP contribution is 2.20. The minimum Gasteiger partial charge on any atom is -0.293 e. The number of H-pyrrole nitrogens is 1. The Kier molecular flexibility index (Phi) is 4.45. The molecule has 0 fully saturated rings. The number of nitrogens with one attached hydrogen (secondary N) is 2. The van der Waals surface area contributed by atoms with Crippen molar-refractivity contribution in [2.45, 2.75) is 37.1 Å². The molecule has 0 radical (unpaired) electrons. The highest BCUT2D eigenvalue weighted by molar-refractivity contribution is 7.89. The van der Waals surface area contributed by atoms with Gasteiger partial charge in [0.25, 0.3) is 5.56 Å². The lowest BCUT2D eigenvalue weighted by molar-refractivity contribution is 0.504. The van der Waals surface area contributed by atoms with E-state index in [1.165, 1.54) is 4.68 Å². The second kappa shape index (κ2) is 6.79. The Morgan fingerprint density at radius 3 is 2.67 bits per heavy atom. The molecule has 2 N–H and O–H groups in total. The summed E-state index contributed by atoms with van der Waals surface area (Å²) in [6.45, 7) is 1.91. The minimum absolute atomic E-state index is 0.178. The number of aromatic amines is 1. The summed E-state index contributed by atoms with van der Waals surface area (Å²) in [6.07, 6.45) is 3.21. The van der Waals surface area contributed by atoms with Gasteiger partial charge in [0.1, 0.15) is 0 Å². The summed E-state index contributed by atoms with van der Waals surface area (Å²) >= 11 is 0. The van der Waals surface area contributed by atoms with Crippen LogP contribution in [0.4, 0.5) is 0 Å². The summed E-state index contributed by atoms with van der Waals surface area (Å²) in [5.41, 5.74) is 2.28. The molecule has 0 bridgehead atoms. The summed E-state index contributed by atoms with van der Waals surface area (Å²) in [4.78, 5) is 17.2. The first-order chi connectivity index (χ1) is 12.9. The monoisotopic (exact) mass is 384 g/mol. The SMILES string of the molecule is Cc1ccc(S(=O)(=O)NC2CCc3[nH]n(-c4ccccn4)c(=O)c3C2)cc1. The molecular formula is C19H20N4O3S. The van der Waals surface area contributed by atoms with Gasteiger partial charge in [0.2, 0.25) is 10.0 Å². The maximum atomic E-state index is 12.7. The lowest BCUT2D eigenvalue weighted by Crippen LogP contribution is -2.39. The minimum atomic E-state index is -3.62. The van der Waals surface area contributed by atoms with E-state index in [2.05, 4.69) is 14.8 Å². The van der Waals surface area contributed by atoms with Gasteiger partial charge >= 0.3 is 0 Å². The molecule has 0 amide bonds. The molecule has 1 aromatic carbocycles. The number of aromatic nitrogens is 3. The average molecular weight is 384 g/mol. The normalized spacial score (nSPS) is 16.9. The Bertz CT molecular complexity index is 1120. The van der Waals surface area contributed by atoms with Gasteiger partial charge in [0.05, 0.1) is 4.90 Å². The zero-order valence-electron chi connectivity index (χ0n) is 14.8. The standard InChI is InChI=1S/C19H20N4O3S/c1-13-5-8-15(9-6-13)27(25,26)22-14-7-10-17-16(12-14)19(24)23(21-17)18-4-2-3-11-20-18/h2-6,8-9,11,14,21-22H,7,10,12H2,1H3. The van der Waals surface area contributed by atoms with Crippen molar-refractivity contribution in [1.82, 2.24) is 19.5 Å². The van der Waals surface area contributed by atoms with Crippen LogP contribution in [0.3, 0.4) is 0 Å². The molecule has 2 aromatic heterocycles. The third-order valence-corrected chi connectivity index (χ3v) is 6.33. The fourth-order valence-electron chi connectivity index (χ4n) is 3.35. The van der Waals surface area contributed by atoms with Crippen molar-refractivity contribution < 1.29 is 8.42 Å². The summed E-state index contributed by atoms with van der Waals surface area (Å²) in [5, 5.41) is 3.10. The Morgan fingerprint density at radius 2 is 1.96 bits per heavy atom. The molecule has 4 rings (SSSR count). The largest absolute Gasteiger partial charge is 0.293 e. The predicted octanol–water partition coefficient (Wildman–Crippen LogP) is 1.70. The van der Waals surface area contributed by atoms with Crippen LogP contribution in [0.1, 0.15) is 23.2 Å². The molecule has 8 heteroatoms. The topological polar surface area (TPSA) is 96.8 Å². The summed E-state index contributed by atoms with van der Waals surface area (Å²) in [6, 6.07) is 11.8. The van der Waals surface area contributed by atoms with E-state index in [1.807, 2.05) is 13.0 Å². The van der Waals surface area contributed by atoms with Crippen molar-refractivity contribution in [3.63, 3.8) is 0 Å². The Labute approximate surface area is 157 Å². The number of sulfonamides is 1. The number of pyridine rings is 1. The predicted molar refractivity (Wildman–Crippen MR) is 101 cm³/mol. The quantitative estimate of drug-likeness (QED) is 0.716. The molecule has 140 valence electrons. The third-order valence-electron chi connectivity index (χ3n) is 4.80. The van der Waals surface area contributed by atoms with Gasteiger partial charge in [-0.25, -0.2) is 22.8 Å². The second-order valence-corrected chi connectivity index (χ2v) is 8.49. The van der Waals surface area contributed by atoms with Crippen molar-refractivity contribution in [3.05, 3.63) is 75.8 Å². The first kappa shape index (κ1) is 17.7. The fourth-order valence-corrected chi connectivity index (χ4v) is 4.62. The van der Waals surface area contributed by atoms with Gasteiger partial charge in [-0.2, -0.15) is 0 Å². The molecule has 1 aliphatic rings. The van der Waals surface area contributed by atoms with Crippen LogP contribution in [-0.4, -0.2) is 29.2 Å². The number of hydrogen-bond donors (Lipinski definition) is 2. The molecule has 0 spiro atoms. The van der Waals surface area contributed by atoms with Crippen LogP contribution in [0.25, 0.3) is 5.82 Å². The van der Waals surface area contributed by atoms with Gasteiger partial charge in [0, 0.05) is 23.5 Å². The van der Waals surface area contributed by atoms with Crippen LogP contribution in [0.15, 0.2) is 58.4 Å². The lowest BCUT2D eigenvalue weighted by atomic mass is 9.94. The summed E-state index contributed by atoms with van der Waals surface area (Å²) in [7, 11) is -3.62. The van der Waals surface area contributed by atoms with Crippen molar-refractivity contribution in [2.24, 2.45) is 0 Å². The zero-order chi connectivity index (χ0) is 19.0. The van der Waals surface area contributed by atoms with E-state index in [1.54, 1.807) is 42.6 Å². The van der Waals surface area contributed by atoms with Crippen molar-refractivity contribution in [3.8, 4) is 5.82 Å². The summed E-state index contributed by atoms with van der Waals surface area (Å²) < 4.78 is 29.4. The number of fused-ring (bicyclic) bond motifs is 1. The van der Waals surface area contributed by atoms with Gasteiger partial charge in [-0.15, -0.1) is 0 Å². The highest BCUT2D eigenvalue weighted by Gasteiger charge is 2.28. The van der Waals surface area contributed by atoms with Gasteiger partial charge in [-0.1, -0.05) is 23.8 Å². The van der Waals surface area contributed by atoms with Crippen LogP contribution in [0, 0.1) is 6.92 Å². The van der Waals surface area contributed by atoms with E-state index in [9.17, 15) is 13.2 Å². The number of rotatable bonds is 4. The maximum Gasteiger partial charge on any atom is 0.276 e. The van der Waals surface area contributed by atoms with E-state index in [0.717, 1.165) is 11.3 Å². The summed E-state index contributed by atoms with van der Waals surface area (Å²) in [5.74, 6) is 0.522. The van der Waals surface area contributed by atoms with Gasteiger partial charge in [-0.05, 0) is 50.5 Å². The molecular weight excluding hydrogens is 364 g/mol. The fraction of sp³-hybridized carbons (Fsp3) is 0.263. The maximum absolute atomic E-state index is 12.7. The molecule has 1 atom stereocenters. The van der Waals surface area contributed by atoms with E-state index in [0.29, 0.717) is 30.6 Å². The van der Waals surface area contributed by atoms with E-state index >= 15 is 0 Å². The lowest BCUT2D eigenvalue weighted by Gasteiger charge is -2.22. The molecule has 2 heterocycles. The molecule has 1 unspecified atom stereocenters. The first-order valence-electron chi connectivity index (χ1n) is 8.77. The first-order valence-corrected chi connectivity index (χ1v) is 10.3. The average Bonchev–Trinajstić information content (AvgIpc) is 2.99. The molecule has 27 heavy (non-hydrogen) atoms. The van der Waals surface area contributed by atoms with Crippen LogP contribution in [0.2, 0.25) is 0 Å². The van der Waals surface area contributed by atoms with Crippen LogP contribution in [-0.2, 0) is 22.9 Å². The van der Waals surface area contributed by atoms with Crippen LogP contribution >= 0.6 is 0 Å². The van der Waals surface area contributed by atoms with Gasteiger partial charge in [-0.3, -0.25) is 9.89 Å². The van der Waals surface area contributed by atoms with E-state index in [4.69, 9.17) is 0 Å². The molecule has 3 aromatic rings. The Hall–Kier alpha value is -2.71. The molecule has 1 aliphatic carbocycles. The van der Waals surface area contributed by atoms with Crippen molar-refractivity contribution >= 4 is 10.0 Å². The number of nitrogens with zero attached hydrogens (tertiary/aromatic N) is 2. The number of hydrogen-bond acceptors (Lipinski definition) is 4. The molecule has 0 aliphatic heterocycles. The van der Waals surface area contributed by atoms with Crippen molar-refractivity contribution in [2.75, 3.05) is 0 Å². The van der Waals surface area contributed by atoms with E-state index in [-0.39, 0.29) is 16.5 Å². The molecule has 0 saturated heterocycles. The zero-order valence-corrected chi connectivity index (χ0v) is 15.7.